The van der Waals surface area contributed by atoms with E-state index in [1.54, 1.807) is 0 Å². The molecule has 0 saturated carbocycles. The van der Waals surface area contributed by atoms with E-state index in [0.29, 0.717) is 0 Å². The zero-order valence-corrected chi connectivity index (χ0v) is 59.1. The van der Waals surface area contributed by atoms with Gasteiger partial charge in [0.15, 0.2) is 6.54 Å². The summed E-state index contributed by atoms with van der Waals surface area (Å²) >= 11 is 0. The molecule has 12 aliphatic rings. The van der Waals surface area contributed by atoms with Gasteiger partial charge in [0.05, 0.1) is 194 Å². The van der Waals surface area contributed by atoms with Crippen molar-refractivity contribution in [1.82, 2.24) is 53.9 Å². The van der Waals surface area contributed by atoms with Gasteiger partial charge in [-0.25, -0.2) is 0 Å². The van der Waals surface area contributed by atoms with Crippen LogP contribution in [0.1, 0.15) is 163 Å². The number of likely N-dealkylation sites (N-methyl/N-ethyl adjacent to an activating group) is 3. The SMILES string of the molecule is C[N+]1=C2N(CCCN2C(C)(C)C)CC1.C[N+]1=C2N(CCCN2C(C)(C)C)CCC1.C[N+]1=C2N(CCCN2C(C)(C)C)CCC1.C[N+]1=C2N(CCN2C(C)(C)C)CC1.C[N+]1=C2N(CCN2C(C)(C)C)CC1.C[N+]1=CC[N+]2=C1N(C(C)(C)C)CCC2. The third-order valence-electron chi connectivity index (χ3n) is 19.0. The van der Waals surface area contributed by atoms with E-state index in [1.165, 1.54) is 218 Å². The Morgan fingerprint density at radius 3 is 0.833 bits per heavy atom. The van der Waals surface area contributed by atoms with Crippen LogP contribution in [-0.2, 0) is 0 Å². The third-order valence-corrected chi connectivity index (χ3v) is 19.0. The molecule has 0 radical (unpaired) electrons. The lowest BCUT2D eigenvalue weighted by Crippen LogP contribution is -2.61. The third kappa shape index (κ3) is 15.8. The monoisotopic (exact) mass is 1180 g/mol. The molecule has 5 fully saturated rings. The fourth-order valence-electron chi connectivity index (χ4n) is 14.7. The van der Waals surface area contributed by atoms with E-state index in [9.17, 15) is 0 Å². The molecule has 12 heterocycles. The predicted molar refractivity (Wildman–Crippen MR) is 352 cm³/mol. The molecule has 0 spiro atoms. The number of rotatable bonds is 0. The highest BCUT2D eigenvalue weighted by molar-refractivity contribution is 5.81. The van der Waals surface area contributed by atoms with Crippen LogP contribution in [0, 0.1) is 0 Å². The molecule has 0 atom stereocenters. The van der Waals surface area contributed by atoms with Crippen molar-refractivity contribution >= 4 is 42.0 Å². The molecule has 478 valence electrons. The van der Waals surface area contributed by atoms with Crippen molar-refractivity contribution in [3.05, 3.63) is 0 Å². The highest BCUT2D eigenvalue weighted by Gasteiger charge is 2.49. The van der Waals surface area contributed by atoms with Crippen molar-refractivity contribution in [3.8, 4) is 0 Å². The molecule has 0 unspecified atom stereocenters. The van der Waals surface area contributed by atoms with Crippen LogP contribution in [0.5, 0.6) is 0 Å². The van der Waals surface area contributed by atoms with E-state index in [2.05, 4.69) is 259 Å². The molecule has 0 bridgehead atoms. The summed E-state index contributed by atoms with van der Waals surface area (Å²) in [4.78, 5) is 27.8. The first kappa shape index (κ1) is 67.0. The van der Waals surface area contributed by atoms with Gasteiger partial charge < -0.3 is 0 Å². The molecule has 12 aliphatic heterocycles. The Kier molecular flexibility index (Phi) is 21.1. The highest BCUT2D eigenvalue weighted by atomic mass is 15.5. The molecule has 84 heavy (non-hydrogen) atoms. The quantitative estimate of drug-likeness (QED) is 0.321. The van der Waals surface area contributed by atoms with Gasteiger partial charge in [-0.3, -0.25) is 71.9 Å². The summed E-state index contributed by atoms with van der Waals surface area (Å²) < 4.78 is 16.7. The van der Waals surface area contributed by atoms with Gasteiger partial charge in [0.25, 0.3) is 0 Å². The minimum Gasteiger partial charge on any atom is -0.267 e. The molecule has 0 aliphatic carbocycles. The summed E-state index contributed by atoms with van der Waals surface area (Å²) in [5.41, 5.74) is 1.53. The number of fused-ring (bicyclic) bond motifs is 5. The molecule has 12 rings (SSSR count). The summed E-state index contributed by atoms with van der Waals surface area (Å²) in [7, 11) is 13.2. The summed E-state index contributed by atoms with van der Waals surface area (Å²) in [5, 5.41) is 0. The Morgan fingerprint density at radius 1 is 0.262 bits per heavy atom. The molecular weight excluding hydrogens is 1040 g/mol. The van der Waals surface area contributed by atoms with Gasteiger partial charge in [-0.2, -0.15) is 14.1 Å². The summed E-state index contributed by atoms with van der Waals surface area (Å²) in [5.74, 6) is 8.63. The van der Waals surface area contributed by atoms with Gasteiger partial charge in [-0.1, -0.05) is 0 Å². The molecule has 0 N–H and O–H groups in total. The molecule has 0 amide bonds. The number of hydrogen-bond acceptors (Lipinski definition) is 11. The Morgan fingerprint density at radius 2 is 0.512 bits per heavy atom. The fraction of sp³-hybridized carbons (Fsp3) is 0.894. The Labute approximate surface area is 515 Å². The van der Waals surface area contributed by atoms with Crippen LogP contribution in [0.15, 0.2) is 0 Å². The Hall–Kier alpha value is -4.51. The fourth-order valence-corrected chi connectivity index (χ4v) is 14.7. The molecule has 18 heteroatoms. The molecule has 5 saturated heterocycles. The first-order valence-corrected chi connectivity index (χ1v) is 33.5. The first-order valence-electron chi connectivity index (χ1n) is 33.5. The average Bonchev–Trinajstić information content (AvgIpc) is 2.63. The second kappa shape index (κ2) is 26.4. The zero-order chi connectivity index (χ0) is 62.1. The Balaban J connectivity index is 0.000000145. The van der Waals surface area contributed by atoms with E-state index >= 15 is 0 Å². The van der Waals surface area contributed by atoms with E-state index in [4.69, 9.17) is 0 Å². The number of hydrogen-bond donors (Lipinski definition) is 0. The van der Waals surface area contributed by atoms with Crippen LogP contribution in [0.4, 0.5) is 0 Å². The summed E-state index contributed by atoms with van der Waals surface area (Å²) in [6, 6.07) is 0. The average molecular weight is 1180 g/mol. The maximum absolute atomic E-state index is 2.57. The van der Waals surface area contributed by atoms with Crippen LogP contribution in [-0.4, -0.2) is 354 Å². The van der Waals surface area contributed by atoms with Crippen molar-refractivity contribution in [2.45, 2.75) is 196 Å². The van der Waals surface area contributed by atoms with Crippen LogP contribution in [0.2, 0.25) is 0 Å². The van der Waals surface area contributed by atoms with Gasteiger partial charge in [-0.05, 0) is 125 Å². The zero-order valence-electron chi connectivity index (χ0n) is 59.1. The van der Waals surface area contributed by atoms with E-state index < -0.39 is 0 Å². The van der Waals surface area contributed by atoms with Crippen LogP contribution in [0.25, 0.3) is 0 Å². The number of guanidine groups is 6. The molecule has 0 aromatic carbocycles. The van der Waals surface area contributed by atoms with E-state index in [0.717, 1.165) is 6.54 Å². The maximum atomic E-state index is 2.57. The lowest BCUT2D eigenvalue weighted by Gasteiger charge is -2.42. The lowest BCUT2D eigenvalue weighted by molar-refractivity contribution is -0.558. The normalized spacial score (nSPS) is 23.0. The van der Waals surface area contributed by atoms with Gasteiger partial charge in [0.2, 0.25) is 0 Å². The van der Waals surface area contributed by atoms with E-state index in [-0.39, 0.29) is 33.2 Å². The topological polar surface area (TPSA) is 56.7 Å². The standard InChI is InChI=1S/2C12H24N3.C11H22N3.C11H21N3.2C10H20N3/c2*1-12(2,3)15-10-6-9-14-8-5-7-13(4)11(14)15;2*1-11(2,3)14-7-5-6-13-9-8-12(4)10(13)14;2*1-10(2,3)13-8-7-12-6-5-11(4)9(12)13/h2*5-10H2,1-4H3;5-9H2,1-4H3;8H,5-7,9H2,1-4H3;2*5-8H2,1-4H3/q3*+1;+2;2*+1. The van der Waals surface area contributed by atoms with Crippen molar-refractivity contribution in [1.29, 1.82) is 0 Å². The highest BCUT2D eigenvalue weighted by Crippen LogP contribution is 2.27. The van der Waals surface area contributed by atoms with Gasteiger partial charge >= 0.3 is 35.8 Å². The summed E-state index contributed by atoms with van der Waals surface area (Å²) in [6.07, 6.45) is 10.1. The molecule has 0 aromatic rings. The first-order chi connectivity index (χ1) is 39.0. The van der Waals surface area contributed by atoms with Crippen LogP contribution in [0.3, 0.4) is 0 Å². The van der Waals surface area contributed by atoms with Crippen molar-refractivity contribution < 1.29 is 32.0 Å². The largest absolute Gasteiger partial charge is 0.522 e. The van der Waals surface area contributed by atoms with Crippen molar-refractivity contribution in [2.24, 2.45) is 0 Å². The van der Waals surface area contributed by atoms with Crippen LogP contribution < -0.4 is 0 Å². The van der Waals surface area contributed by atoms with E-state index in [1.807, 2.05) is 0 Å². The smallest absolute Gasteiger partial charge is 0.267 e. The van der Waals surface area contributed by atoms with Gasteiger partial charge in [0.1, 0.15) is 31.9 Å². The molecule has 18 nitrogen and oxygen atoms in total. The number of nitrogens with zero attached hydrogens (tertiary/aromatic N) is 18. The van der Waals surface area contributed by atoms with Gasteiger partial charge in [-0.15, -0.1) is 0 Å². The second-order valence-electron chi connectivity index (χ2n) is 32.1. The maximum Gasteiger partial charge on any atom is 0.522 e. The van der Waals surface area contributed by atoms with Gasteiger partial charge in [0, 0.05) is 38.5 Å². The summed E-state index contributed by atoms with van der Waals surface area (Å²) in [6.45, 7) is 69.0. The van der Waals surface area contributed by atoms with Crippen LogP contribution >= 0.6 is 0 Å². The minimum atomic E-state index is 0.237. The minimum absolute atomic E-state index is 0.237. The van der Waals surface area contributed by atoms with Crippen molar-refractivity contribution in [3.63, 3.8) is 0 Å². The Bertz CT molecular complexity index is 2390. The second-order valence-corrected chi connectivity index (χ2v) is 32.1. The molecular formula is C66H131N18+7. The van der Waals surface area contributed by atoms with Crippen molar-refractivity contribution in [2.75, 3.05) is 193 Å². The predicted octanol–water partition coefficient (Wildman–Crippen LogP) is 4.61. The lowest BCUT2D eigenvalue weighted by atomic mass is 10.0. The molecule has 0 aromatic heterocycles.